The molecule has 5 aliphatic carbocycles. The zero-order chi connectivity index (χ0) is 22.9. The molecule has 0 heterocycles. The number of nitrogens with one attached hydrogen (secondary N) is 2. The molecule has 6 rings (SSSR count). The first-order chi connectivity index (χ1) is 15.1. The third-order valence-electron chi connectivity index (χ3n) is 8.35. The number of nitrogens with two attached hydrogens (primary N) is 1. The molecule has 2 amide bonds. The van der Waals surface area contributed by atoms with Crippen LogP contribution in [0.4, 0.5) is 0 Å². The van der Waals surface area contributed by atoms with Gasteiger partial charge in [0.15, 0.2) is 0 Å². The Bertz CT molecular complexity index is 1070. The van der Waals surface area contributed by atoms with Gasteiger partial charge in [0.25, 0.3) is 0 Å². The van der Waals surface area contributed by atoms with Crippen LogP contribution >= 0.6 is 23.2 Å². The third-order valence-corrected chi connectivity index (χ3v) is 10.8. The van der Waals surface area contributed by atoms with Crippen LogP contribution in [0.15, 0.2) is 23.1 Å². The molecular formula is C22H27Cl2N3O4S. The number of sulfonamides is 1. The Kier molecular flexibility index (Phi) is 5.32. The van der Waals surface area contributed by atoms with Gasteiger partial charge in [-0.05, 0) is 68.4 Å². The van der Waals surface area contributed by atoms with Crippen molar-refractivity contribution in [2.24, 2.45) is 28.9 Å². The van der Waals surface area contributed by atoms with Crippen LogP contribution in [-0.4, -0.2) is 31.8 Å². The lowest BCUT2D eigenvalue weighted by Crippen LogP contribution is -2.60. The Morgan fingerprint density at radius 3 is 2.34 bits per heavy atom. The van der Waals surface area contributed by atoms with Gasteiger partial charge in [-0.2, -0.15) is 4.72 Å². The highest BCUT2D eigenvalue weighted by molar-refractivity contribution is 7.89. The molecule has 5 unspecified atom stereocenters. The van der Waals surface area contributed by atoms with Gasteiger partial charge in [0, 0.05) is 6.04 Å². The van der Waals surface area contributed by atoms with Gasteiger partial charge in [0.2, 0.25) is 21.8 Å². The van der Waals surface area contributed by atoms with Crippen molar-refractivity contribution in [1.29, 1.82) is 0 Å². The number of halogens is 2. The molecule has 1 aromatic rings. The van der Waals surface area contributed by atoms with Gasteiger partial charge in [-0.25, -0.2) is 8.42 Å². The van der Waals surface area contributed by atoms with Gasteiger partial charge < -0.3 is 11.1 Å². The van der Waals surface area contributed by atoms with Crippen LogP contribution in [0.3, 0.4) is 0 Å². The van der Waals surface area contributed by atoms with Crippen LogP contribution in [0.5, 0.6) is 0 Å². The first kappa shape index (κ1) is 22.4. The van der Waals surface area contributed by atoms with Gasteiger partial charge in [-0.3, -0.25) is 9.59 Å². The van der Waals surface area contributed by atoms with Crippen molar-refractivity contribution in [1.82, 2.24) is 10.0 Å². The second kappa shape index (κ2) is 7.58. The molecule has 0 spiro atoms. The monoisotopic (exact) mass is 499 g/mol. The summed E-state index contributed by atoms with van der Waals surface area (Å²) in [4.78, 5) is 25.7. The molecule has 0 saturated heterocycles. The van der Waals surface area contributed by atoms with Crippen LogP contribution < -0.4 is 15.8 Å². The van der Waals surface area contributed by atoms with Crippen molar-refractivity contribution in [2.45, 2.75) is 67.8 Å². The van der Waals surface area contributed by atoms with E-state index in [1.165, 1.54) is 12.1 Å². The lowest BCUT2D eigenvalue weighted by atomic mass is 9.75. The van der Waals surface area contributed by atoms with Crippen LogP contribution in [-0.2, 0) is 19.6 Å². The maximum absolute atomic E-state index is 13.6. The summed E-state index contributed by atoms with van der Waals surface area (Å²) in [6.45, 7) is 0. The summed E-state index contributed by atoms with van der Waals surface area (Å²) in [5.41, 5.74) is 4.01. The summed E-state index contributed by atoms with van der Waals surface area (Å²) in [7, 11) is -4.14. The molecule has 5 fully saturated rings. The van der Waals surface area contributed by atoms with E-state index in [0.29, 0.717) is 25.2 Å². The molecule has 4 N–H and O–H groups in total. The fraction of sp³-hybridized carbons (Fsp3) is 0.636. The normalized spacial score (nSPS) is 34.7. The summed E-state index contributed by atoms with van der Waals surface area (Å²) in [5.74, 6) is 0.122. The molecule has 174 valence electrons. The van der Waals surface area contributed by atoms with Crippen LogP contribution in [0, 0.1) is 23.2 Å². The van der Waals surface area contributed by atoms with E-state index in [2.05, 4.69) is 10.0 Å². The standard InChI is InChI=1S/C22H27Cl2N3O4S/c23-15-4-3-5-16(24)18(15)32(30,31)27-22(6-1-2-7-22)20(29)26-17-13-8-12-9-14(17)21(10-12,11-13)19(25)28/h3-5,12-14,17,27H,1-2,6-11H2,(H2,25,28)(H,26,29). The number of carbonyl (C=O) groups excluding carboxylic acids is 2. The largest absolute Gasteiger partial charge is 0.369 e. The van der Waals surface area contributed by atoms with Crippen molar-refractivity contribution in [2.75, 3.05) is 0 Å². The van der Waals surface area contributed by atoms with Crippen LogP contribution in [0.2, 0.25) is 10.0 Å². The first-order valence-corrected chi connectivity index (χ1v) is 13.4. The van der Waals surface area contributed by atoms with E-state index in [-0.39, 0.29) is 44.6 Å². The number of hydrogen-bond donors (Lipinski definition) is 3. The van der Waals surface area contributed by atoms with E-state index in [9.17, 15) is 18.0 Å². The summed E-state index contributed by atoms with van der Waals surface area (Å²) in [5, 5.41) is 3.18. The summed E-state index contributed by atoms with van der Waals surface area (Å²) < 4.78 is 29.2. The molecule has 5 atom stereocenters. The number of rotatable bonds is 6. The van der Waals surface area contributed by atoms with Crippen molar-refractivity contribution in [3.05, 3.63) is 28.2 Å². The Morgan fingerprint density at radius 2 is 1.72 bits per heavy atom. The molecule has 4 bridgehead atoms. The zero-order valence-electron chi connectivity index (χ0n) is 17.6. The van der Waals surface area contributed by atoms with Crippen LogP contribution in [0.1, 0.15) is 51.4 Å². The molecule has 0 aliphatic heterocycles. The van der Waals surface area contributed by atoms with Gasteiger partial charge in [-0.15, -0.1) is 0 Å². The molecule has 5 saturated carbocycles. The van der Waals surface area contributed by atoms with E-state index in [0.717, 1.165) is 32.1 Å². The molecule has 0 radical (unpaired) electrons. The number of hydrogen-bond acceptors (Lipinski definition) is 4. The van der Waals surface area contributed by atoms with Gasteiger partial charge in [0.05, 0.1) is 15.5 Å². The number of primary amides is 1. The summed E-state index contributed by atoms with van der Waals surface area (Å²) in [6, 6.07) is 4.33. The SMILES string of the molecule is NC(=O)C12CC3CC(C1)C(NC(=O)C1(NS(=O)(=O)c4c(Cl)cccc4Cl)CCCC1)C2C3. The quantitative estimate of drug-likeness (QED) is 0.557. The Hall–Kier alpha value is -1.35. The smallest absolute Gasteiger partial charge is 0.244 e. The van der Waals surface area contributed by atoms with Crippen molar-refractivity contribution < 1.29 is 18.0 Å². The molecule has 10 heteroatoms. The second-order valence-corrected chi connectivity index (χ2v) is 12.5. The number of benzene rings is 1. The average Bonchev–Trinajstić information content (AvgIpc) is 3.33. The van der Waals surface area contributed by atoms with Crippen molar-refractivity contribution in [3.8, 4) is 0 Å². The Morgan fingerprint density at radius 1 is 1.06 bits per heavy atom. The minimum atomic E-state index is -4.14. The minimum Gasteiger partial charge on any atom is -0.369 e. The van der Waals surface area contributed by atoms with Gasteiger partial charge in [0.1, 0.15) is 10.4 Å². The number of carbonyl (C=O) groups is 2. The van der Waals surface area contributed by atoms with E-state index in [4.69, 9.17) is 28.9 Å². The van der Waals surface area contributed by atoms with E-state index in [1.807, 2.05) is 0 Å². The van der Waals surface area contributed by atoms with Gasteiger partial charge >= 0.3 is 0 Å². The maximum Gasteiger partial charge on any atom is 0.244 e. The number of amides is 2. The molecule has 5 aliphatic rings. The Balaban J connectivity index is 1.41. The second-order valence-electron chi connectivity index (χ2n) is 10.1. The van der Waals surface area contributed by atoms with Crippen molar-refractivity contribution >= 4 is 45.0 Å². The highest BCUT2D eigenvalue weighted by Crippen LogP contribution is 2.65. The molecule has 7 nitrogen and oxygen atoms in total. The van der Waals surface area contributed by atoms with E-state index >= 15 is 0 Å². The highest BCUT2D eigenvalue weighted by atomic mass is 35.5. The summed E-state index contributed by atoms with van der Waals surface area (Å²) >= 11 is 12.3. The molecule has 1 aromatic carbocycles. The van der Waals surface area contributed by atoms with Crippen LogP contribution in [0.25, 0.3) is 0 Å². The average molecular weight is 500 g/mol. The topological polar surface area (TPSA) is 118 Å². The maximum atomic E-state index is 13.6. The highest BCUT2D eigenvalue weighted by Gasteiger charge is 2.66. The molecule has 32 heavy (non-hydrogen) atoms. The minimum absolute atomic E-state index is 0.00653. The third kappa shape index (κ3) is 3.29. The lowest BCUT2D eigenvalue weighted by molar-refractivity contribution is -0.131. The first-order valence-electron chi connectivity index (χ1n) is 11.2. The zero-order valence-corrected chi connectivity index (χ0v) is 19.9. The summed E-state index contributed by atoms with van der Waals surface area (Å²) in [6.07, 6.45) is 5.63. The predicted octanol–water partition coefficient (Wildman–Crippen LogP) is 2.99. The van der Waals surface area contributed by atoms with Gasteiger partial charge in [-0.1, -0.05) is 42.1 Å². The fourth-order valence-corrected chi connectivity index (χ4v) is 9.68. The Labute approximate surface area is 197 Å². The van der Waals surface area contributed by atoms with E-state index in [1.54, 1.807) is 6.07 Å². The van der Waals surface area contributed by atoms with Crippen molar-refractivity contribution in [3.63, 3.8) is 0 Å². The molecule has 0 aromatic heterocycles. The lowest BCUT2D eigenvalue weighted by Gasteiger charge is -2.36. The fourth-order valence-electron chi connectivity index (χ4n) is 7.11. The predicted molar refractivity (Wildman–Crippen MR) is 120 cm³/mol. The molecular weight excluding hydrogens is 473 g/mol. The van der Waals surface area contributed by atoms with E-state index < -0.39 is 21.0 Å².